The molecule has 0 aromatic carbocycles. The first kappa shape index (κ1) is 14.6. The van der Waals surface area contributed by atoms with Crippen LogP contribution in [0.25, 0.3) is 0 Å². The smallest absolute Gasteiger partial charge is 0.317 e. The Hall–Kier alpha value is -2.37. The number of rotatable bonds is 3. The summed E-state index contributed by atoms with van der Waals surface area (Å²) in [5.41, 5.74) is 2.09. The van der Waals surface area contributed by atoms with E-state index in [1.165, 1.54) is 0 Å². The number of fused-ring (bicyclic) bond motifs is 1. The van der Waals surface area contributed by atoms with Gasteiger partial charge in [-0.3, -0.25) is 0 Å². The Morgan fingerprint density at radius 1 is 1.55 bits per heavy atom. The first-order chi connectivity index (χ1) is 10.6. The van der Waals surface area contributed by atoms with Gasteiger partial charge in [-0.1, -0.05) is 0 Å². The van der Waals surface area contributed by atoms with Crippen molar-refractivity contribution in [3.63, 3.8) is 0 Å². The van der Waals surface area contributed by atoms with Gasteiger partial charge < -0.3 is 14.6 Å². The lowest BCUT2D eigenvalue weighted by molar-refractivity contribution is 0.188. The van der Waals surface area contributed by atoms with Gasteiger partial charge in [0.2, 0.25) is 0 Å². The molecule has 1 aliphatic heterocycles. The summed E-state index contributed by atoms with van der Waals surface area (Å²) in [5.74, 6) is 1.66. The van der Waals surface area contributed by atoms with Crippen LogP contribution in [0.15, 0.2) is 29.0 Å². The lowest BCUT2D eigenvalue weighted by Crippen LogP contribution is -2.46. The van der Waals surface area contributed by atoms with Crippen LogP contribution in [0.3, 0.4) is 0 Å². The third-order valence-electron chi connectivity index (χ3n) is 3.80. The third-order valence-corrected chi connectivity index (χ3v) is 3.80. The number of furan rings is 1. The fourth-order valence-electron chi connectivity index (χ4n) is 2.67. The molecule has 0 radical (unpaired) electrons. The summed E-state index contributed by atoms with van der Waals surface area (Å²) < 4.78 is 5.31. The number of aryl methyl sites for hydroxylation is 1. The molecule has 22 heavy (non-hydrogen) atoms. The van der Waals surface area contributed by atoms with E-state index in [9.17, 15) is 4.79 Å². The largest absolute Gasteiger partial charge is 0.469 e. The number of urea groups is 1. The molecule has 3 heterocycles. The average molecular weight is 300 g/mol. The van der Waals surface area contributed by atoms with Gasteiger partial charge in [0.05, 0.1) is 18.5 Å². The Kier molecular flexibility index (Phi) is 4.09. The molecule has 2 amide bonds. The van der Waals surface area contributed by atoms with Crippen molar-refractivity contribution in [3.05, 3.63) is 47.4 Å². The van der Waals surface area contributed by atoms with Gasteiger partial charge in [-0.15, -0.1) is 0 Å². The fraction of sp³-hybridized carbons (Fsp3) is 0.438. The van der Waals surface area contributed by atoms with E-state index in [0.717, 1.165) is 29.3 Å². The standard InChI is InChI=1S/C16H20N4O2/c1-11(8-14-4-3-7-22-14)18-16(21)20-6-5-15-13(10-20)9-17-12(2)19-15/h3-4,7,9,11H,5-6,8,10H2,1-2H3,(H,18,21)/t11-/m1/s1. The highest BCUT2D eigenvalue weighted by molar-refractivity contribution is 5.74. The summed E-state index contributed by atoms with van der Waals surface area (Å²) in [7, 11) is 0. The first-order valence-corrected chi connectivity index (χ1v) is 7.51. The lowest BCUT2D eigenvalue weighted by atomic mass is 10.1. The van der Waals surface area contributed by atoms with Gasteiger partial charge in [0.25, 0.3) is 0 Å². The van der Waals surface area contributed by atoms with E-state index in [1.807, 2.05) is 32.2 Å². The van der Waals surface area contributed by atoms with Gasteiger partial charge in [-0.2, -0.15) is 0 Å². The van der Waals surface area contributed by atoms with Crippen molar-refractivity contribution in [2.75, 3.05) is 6.54 Å². The molecule has 0 fully saturated rings. The van der Waals surface area contributed by atoms with Crippen LogP contribution in [0.5, 0.6) is 0 Å². The minimum Gasteiger partial charge on any atom is -0.469 e. The second-order valence-electron chi connectivity index (χ2n) is 5.69. The van der Waals surface area contributed by atoms with E-state index in [4.69, 9.17) is 4.42 Å². The quantitative estimate of drug-likeness (QED) is 0.942. The van der Waals surface area contributed by atoms with Crippen molar-refractivity contribution in [2.24, 2.45) is 0 Å². The van der Waals surface area contributed by atoms with Gasteiger partial charge in [0.1, 0.15) is 11.6 Å². The van der Waals surface area contributed by atoms with Crippen molar-refractivity contribution in [1.29, 1.82) is 0 Å². The number of carbonyl (C=O) groups excluding carboxylic acids is 1. The zero-order valence-electron chi connectivity index (χ0n) is 12.9. The molecule has 1 N–H and O–H groups in total. The van der Waals surface area contributed by atoms with Crippen LogP contribution in [0, 0.1) is 6.92 Å². The number of nitrogens with zero attached hydrogens (tertiary/aromatic N) is 3. The van der Waals surface area contributed by atoms with E-state index in [0.29, 0.717) is 19.5 Å². The molecule has 0 unspecified atom stereocenters. The molecule has 1 aliphatic rings. The van der Waals surface area contributed by atoms with Crippen LogP contribution in [0.2, 0.25) is 0 Å². The number of amides is 2. The van der Waals surface area contributed by atoms with Crippen LogP contribution in [-0.2, 0) is 19.4 Å². The second kappa shape index (κ2) is 6.17. The van der Waals surface area contributed by atoms with Crippen molar-refractivity contribution < 1.29 is 9.21 Å². The summed E-state index contributed by atoms with van der Waals surface area (Å²) >= 11 is 0. The predicted molar refractivity (Wildman–Crippen MR) is 81.3 cm³/mol. The zero-order valence-corrected chi connectivity index (χ0v) is 12.9. The van der Waals surface area contributed by atoms with E-state index in [1.54, 1.807) is 11.2 Å². The van der Waals surface area contributed by atoms with E-state index < -0.39 is 0 Å². The Labute approximate surface area is 129 Å². The summed E-state index contributed by atoms with van der Waals surface area (Å²) in [6, 6.07) is 3.74. The molecular formula is C16H20N4O2. The summed E-state index contributed by atoms with van der Waals surface area (Å²) in [6.07, 6.45) is 4.93. The minimum absolute atomic E-state index is 0.0225. The van der Waals surface area contributed by atoms with Gasteiger partial charge in [-0.05, 0) is 26.0 Å². The molecule has 0 aliphatic carbocycles. The van der Waals surface area contributed by atoms with Crippen molar-refractivity contribution in [1.82, 2.24) is 20.2 Å². The number of aromatic nitrogens is 2. The summed E-state index contributed by atoms with van der Waals surface area (Å²) in [4.78, 5) is 22.8. The molecule has 2 aromatic rings. The summed E-state index contributed by atoms with van der Waals surface area (Å²) in [6.45, 7) is 5.11. The van der Waals surface area contributed by atoms with Gasteiger partial charge in [0.15, 0.2) is 0 Å². The molecule has 0 spiro atoms. The molecule has 0 saturated carbocycles. The molecule has 1 atom stereocenters. The zero-order chi connectivity index (χ0) is 15.5. The minimum atomic E-state index is -0.0507. The van der Waals surface area contributed by atoms with Gasteiger partial charge in [-0.25, -0.2) is 14.8 Å². The monoisotopic (exact) mass is 300 g/mol. The highest BCUT2D eigenvalue weighted by atomic mass is 16.3. The molecule has 6 nitrogen and oxygen atoms in total. The molecule has 0 bridgehead atoms. The maximum atomic E-state index is 12.4. The fourth-order valence-corrected chi connectivity index (χ4v) is 2.67. The van der Waals surface area contributed by atoms with Crippen LogP contribution in [-0.4, -0.2) is 33.5 Å². The number of hydrogen-bond acceptors (Lipinski definition) is 4. The predicted octanol–water partition coefficient (Wildman–Crippen LogP) is 2.08. The molecule has 6 heteroatoms. The van der Waals surface area contributed by atoms with E-state index in [-0.39, 0.29) is 12.1 Å². The average Bonchev–Trinajstić information content (AvgIpc) is 2.99. The van der Waals surface area contributed by atoms with Crippen molar-refractivity contribution >= 4 is 6.03 Å². The SMILES string of the molecule is Cc1ncc2c(n1)CCN(C(=O)N[C@H](C)Cc1ccco1)C2. The molecular weight excluding hydrogens is 280 g/mol. The molecule has 3 rings (SSSR count). The van der Waals surface area contributed by atoms with E-state index in [2.05, 4.69) is 15.3 Å². The maximum absolute atomic E-state index is 12.4. The molecule has 116 valence electrons. The van der Waals surface area contributed by atoms with Crippen LogP contribution in [0.4, 0.5) is 4.79 Å². The Balaban J connectivity index is 1.58. The first-order valence-electron chi connectivity index (χ1n) is 7.51. The molecule has 0 saturated heterocycles. The highest BCUT2D eigenvalue weighted by Crippen LogP contribution is 2.16. The highest BCUT2D eigenvalue weighted by Gasteiger charge is 2.23. The second-order valence-corrected chi connectivity index (χ2v) is 5.69. The van der Waals surface area contributed by atoms with Crippen molar-refractivity contribution in [2.45, 2.75) is 39.3 Å². The maximum Gasteiger partial charge on any atom is 0.317 e. The van der Waals surface area contributed by atoms with Crippen LogP contribution < -0.4 is 5.32 Å². The van der Waals surface area contributed by atoms with E-state index >= 15 is 0 Å². The van der Waals surface area contributed by atoms with Gasteiger partial charge >= 0.3 is 6.03 Å². The Morgan fingerprint density at radius 3 is 3.18 bits per heavy atom. The topological polar surface area (TPSA) is 71.3 Å². The Morgan fingerprint density at radius 2 is 2.41 bits per heavy atom. The van der Waals surface area contributed by atoms with Gasteiger partial charge in [0, 0.05) is 37.2 Å². The molecule has 2 aromatic heterocycles. The number of carbonyl (C=O) groups is 1. The van der Waals surface area contributed by atoms with Crippen molar-refractivity contribution in [3.8, 4) is 0 Å². The third kappa shape index (κ3) is 3.27. The van der Waals surface area contributed by atoms with Crippen LogP contribution >= 0.6 is 0 Å². The number of nitrogens with one attached hydrogen (secondary N) is 1. The lowest BCUT2D eigenvalue weighted by Gasteiger charge is -2.29. The van der Waals surface area contributed by atoms with Crippen LogP contribution in [0.1, 0.15) is 29.8 Å². The summed E-state index contributed by atoms with van der Waals surface area (Å²) in [5, 5.41) is 3.02. The Bertz CT molecular complexity index is 654. The normalized spacial score (nSPS) is 15.3. The number of hydrogen-bond donors (Lipinski definition) is 1.